The van der Waals surface area contributed by atoms with Crippen LogP contribution in [0.15, 0.2) is 0 Å². The van der Waals surface area contributed by atoms with Crippen LogP contribution < -0.4 is 0 Å². The van der Waals surface area contributed by atoms with Crippen LogP contribution in [0.4, 0.5) is 0 Å². The molecule has 0 aromatic carbocycles. The van der Waals surface area contributed by atoms with Crippen LogP contribution in [0, 0.1) is 0 Å². The minimum Gasteiger partial charge on any atom is -0.394 e. The molecule has 2 heterocycles. The predicted octanol–water partition coefficient (Wildman–Crippen LogP) is -5.40. The second kappa shape index (κ2) is 7.21. The maximum absolute atomic E-state index is 10.00. The van der Waals surface area contributed by atoms with Crippen LogP contribution in [0.1, 0.15) is 0 Å². The van der Waals surface area contributed by atoms with Gasteiger partial charge in [0.25, 0.3) is 0 Å². The van der Waals surface area contributed by atoms with Crippen LogP contribution in [-0.2, 0) is 14.2 Å². The van der Waals surface area contributed by atoms with E-state index >= 15 is 0 Å². The van der Waals surface area contributed by atoms with Crippen LogP contribution in [0.25, 0.3) is 0 Å². The van der Waals surface area contributed by atoms with E-state index < -0.39 is 74.6 Å². The molecule has 0 bridgehead atoms. The van der Waals surface area contributed by atoms with Crippen LogP contribution >= 0.6 is 0 Å². The van der Waals surface area contributed by atoms with E-state index in [2.05, 4.69) is 0 Å². The number of aliphatic hydroxyl groups excluding tert-OH is 7. The maximum Gasteiger partial charge on any atom is 0.219 e. The van der Waals surface area contributed by atoms with Crippen molar-refractivity contribution in [3.8, 4) is 0 Å². The van der Waals surface area contributed by atoms with Gasteiger partial charge in [0.2, 0.25) is 5.79 Å². The monoisotopic (exact) mass is 342 g/mol. The van der Waals surface area contributed by atoms with E-state index in [1.807, 2.05) is 0 Å². The van der Waals surface area contributed by atoms with Crippen molar-refractivity contribution in [1.29, 1.82) is 0 Å². The normalized spacial score (nSPS) is 51.1. The molecule has 11 nitrogen and oxygen atoms in total. The molecular weight excluding hydrogens is 320 g/mol. The standard InChI is InChI=1S/C12H22O11/c13-1-4-6(16)7(17)8(18)11(21-4)22-9-5(2-14)23-12(20,3-15)10(9)19/h4-11,13-20H,1-3H2/t4?,5-,6?,7?,8?,9+,10-,11?,12-/m1/s1. The molecule has 0 spiro atoms. The van der Waals surface area contributed by atoms with Gasteiger partial charge in [0.1, 0.15) is 42.7 Å². The second-order valence-corrected chi connectivity index (χ2v) is 5.58. The van der Waals surface area contributed by atoms with Crippen LogP contribution in [0.3, 0.4) is 0 Å². The van der Waals surface area contributed by atoms with E-state index in [0.29, 0.717) is 0 Å². The van der Waals surface area contributed by atoms with Crippen LogP contribution in [0.5, 0.6) is 0 Å². The lowest BCUT2D eigenvalue weighted by Gasteiger charge is -2.41. The van der Waals surface area contributed by atoms with Crippen molar-refractivity contribution < 1.29 is 55.1 Å². The van der Waals surface area contributed by atoms with Gasteiger partial charge in [-0.3, -0.25) is 0 Å². The number of aliphatic hydroxyl groups is 8. The van der Waals surface area contributed by atoms with E-state index in [4.69, 9.17) is 24.4 Å². The highest BCUT2D eigenvalue weighted by molar-refractivity contribution is 4.98. The Hall–Kier alpha value is -0.440. The molecule has 8 N–H and O–H groups in total. The third-order valence-corrected chi connectivity index (χ3v) is 4.04. The zero-order chi connectivity index (χ0) is 17.4. The second-order valence-electron chi connectivity index (χ2n) is 5.58. The molecule has 0 radical (unpaired) electrons. The first kappa shape index (κ1) is 18.9. The maximum atomic E-state index is 10.00. The van der Waals surface area contributed by atoms with Gasteiger partial charge in [-0.2, -0.15) is 0 Å². The van der Waals surface area contributed by atoms with Crippen molar-refractivity contribution in [1.82, 2.24) is 0 Å². The molecule has 0 aromatic heterocycles. The number of rotatable bonds is 5. The van der Waals surface area contributed by atoms with Gasteiger partial charge in [0, 0.05) is 0 Å². The molecule has 11 heteroatoms. The SMILES string of the molecule is OCC1OC(O[C@@H]2[C@@H](O)[C@@](O)(CO)O[C@@H]2CO)C(O)C(O)C1O. The van der Waals surface area contributed by atoms with Gasteiger partial charge in [-0.05, 0) is 0 Å². The van der Waals surface area contributed by atoms with Crippen molar-refractivity contribution >= 4 is 0 Å². The highest BCUT2D eigenvalue weighted by Gasteiger charge is 2.56. The molecule has 0 aromatic rings. The Kier molecular flexibility index (Phi) is 5.92. The van der Waals surface area contributed by atoms with E-state index in [-0.39, 0.29) is 0 Å². The van der Waals surface area contributed by atoms with Gasteiger partial charge >= 0.3 is 0 Å². The summed E-state index contributed by atoms with van der Waals surface area (Å²) in [5.41, 5.74) is 0. The number of hydrogen-bond donors (Lipinski definition) is 8. The molecule has 5 unspecified atom stereocenters. The third-order valence-electron chi connectivity index (χ3n) is 4.04. The smallest absolute Gasteiger partial charge is 0.219 e. The molecule has 2 aliphatic rings. The van der Waals surface area contributed by atoms with Gasteiger partial charge in [-0.25, -0.2) is 0 Å². The van der Waals surface area contributed by atoms with Crippen molar-refractivity contribution in [2.75, 3.05) is 19.8 Å². The summed E-state index contributed by atoms with van der Waals surface area (Å²) in [4.78, 5) is 0. The van der Waals surface area contributed by atoms with E-state index in [1.54, 1.807) is 0 Å². The zero-order valence-electron chi connectivity index (χ0n) is 12.0. The third kappa shape index (κ3) is 3.36. The largest absolute Gasteiger partial charge is 0.394 e. The molecule has 136 valence electrons. The summed E-state index contributed by atoms with van der Waals surface area (Å²) in [5, 5.41) is 76.5. The lowest BCUT2D eigenvalue weighted by Crippen LogP contribution is -2.60. The average Bonchev–Trinajstić information content (AvgIpc) is 2.80. The molecular formula is C12H22O11. The Morgan fingerprint density at radius 3 is 2.00 bits per heavy atom. The Balaban J connectivity index is 2.13. The summed E-state index contributed by atoms with van der Waals surface area (Å²) < 4.78 is 15.3. The highest BCUT2D eigenvalue weighted by atomic mass is 16.7. The Morgan fingerprint density at radius 1 is 0.870 bits per heavy atom. The summed E-state index contributed by atoms with van der Waals surface area (Å²) in [7, 11) is 0. The summed E-state index contributed by atoms with van der Waals surface area (Å²) in [6.45, 7) is -2.32. The first-order valence-electron chi connectivity index (χ1n) is 7.05. The lowest BCUT2D eigenvalue weighted by atomic mass is 9.99. The molecule has 2 aliphatic heterocycles. The molecule has 23 heavy (non-hydrogen) atoms. The summed E-state index contributed by atoms with van der Waals surface area (Å²) in [6.07, 6.45) is -12.2. The molecule has 2 rings (SSSR count). The molecule has 0 amide bonds. The minimum absolute atomic E-state index is 0.668. The van der Waals surface area contributed by atoms with Gasteiger partial charge in [-0.15, -0.1) is 0 Å². The number of hydrogen-bond acceptors (Lipinski definition) is 11. The Bertz CT molecular complexity index is 393. The van der Waals surface area contributed by atoms with Gasteiger partial charge in [0.15, 0.2) is 6.29 Å². The first-order chi connectivity index (χ1) is 10.8. The Labute approximate surface area is 130 Å². The van der Waals surface area contributed by atoms with E-state index in [1.165, 1.54) is 0 Å². The quantitative estimate of drug-likeness (QED) is 0.238. The fraction of sp³-hybridized carbons (Fsp3) is 1.00. The summed E-state index contributed by atoms with van der Waals surface area (Å²) in [5.74, 6) is -2.37. The molecule has 2 saturated heterocycles. The zero-order valence-corrected chi connectivity index (χ0v) is 12.0. The van der Waals surface area contributed by atoms with Crippen molar-refractivity contribution in [2.45, 2.75) is 54.8 Å². The molecule has 2 fully saturated rings. The van der Waals surface area contributed by atoms with Gasteiger partial charge in [0.05, 0.1) is 19.8 Å². The summed E-state index contributed by atoms with van der Waals surface area (Å²) in [6, 6.07) is 0. The topological polar surface area (TPSA) is 190 Å². The van der Waals surface area contributed by atoms with Crippen molar-refractivity contribution in [3.05, 3.63) is 0 Å². The van der Waals surface area contributed by atoms with E-state index in [9.17, 15) is 30.6 Å². The van der Waals surface area contributed by atoms with Gasteiger partial charge in [-0.1, -0.05) is 0 Å². The summed E-state index contributed by atoms with van der Waals surface area (Å²) >= 11 is 0. The lowest BCUT2D eigenvalue weighted by molar-refractivity contribution is -0.318. The van der Waals surface area contributed by atoms with Gasteiger partial charge < -0.3 is 55.1 Å². The van der Waals surface area contributed by atoms with Crippen LogP contribution in [0.2, 0.25) is 0 Å². The first-order valence-corrected chi connectivity index (χ1v) is 7.05. The van der Waals surface area contributed by atoms with Crippen LogP contribution in [-0.4, -0.2) is 115 Å². The van der Waals surface area contributed by atoms with E-state index in [0.717, 1.165) is 0 Å². The molecule has 0 saturated carbocycles. The fourth-order valence-corrected chi connectivity index (χ4v) is 2.63. The predicted molar refractivity (Wildman–Crippen MR) is 68.6 cm³/mol. The number of ether oxygens (including phenoxy) is 3. The average molecular weight is 342 g/mol. The minimum atomic E-state index is -2.37. The van der Waals surface area contributed by atoms with Crippen molar-refractivity contribution in [2.24, 2.45) is 0 Å². The van der Waals surface area contributed by atoms with Crippen molar-refractivity contribution in [3.63, 3.8) is 0 Å². The fourth-order valence-electron chi connectivity index (χ4n) is 2.63. The Morgan fingerprint density at radius 2 is 1.48 bits per heavy atom. The highest BCUT2D eigenvalue weighted by Crippen LogP contribution is 2.33. The molecule has 9 atom stereocenters. The molecule has 0 aliphatic carbocycles.